The van der Waals surface area contributed by atoms with Gasteiger partial charge in [-0.25, -0.2) is 18.7 Å². The van der Waals surface area contributed by atoms with Gasteiger partial charge in [-0.15, -0.1) is 5.10 Å². The maximum absolute atomic E-state index is 14.4. The largest absolute Gasteiger partial charge is 0.448 e. The summed E-state index contributed by atoms with van der Waals surface area (Å²) in [5, 5.41) is 7.10. The molecule has 0 bridgehead atoms. The summed E-state index contributed by atoms with van der Waals surface area (Å²) in [6, 6.07) is 10.8. The third kappa shape index (κ3) is 7.23. The number of carbonyl (C=O) groups is 2. The predicted molar refractivity (Wildman–Crippen MR) is 141 cm³/mol. The average Bonchev–Trinajstić information content (AvgIpc) is 3.22. The van der Waals surface area contributed by atoms with Crippen molar-refractivity contribution in [3.8, 4) is 11.4 Å². The number of nitrogens with two attached hydrogens (primary N) is 1. The monoisotopic (exact) mass is 593 g/mol. The summed E-state index contributed by atoms with van der Waals surface area (Å²) in [6.07, 6.45) is -2.43. The molecular weight excluding hydrogens is 570 g/mol. The van der Waals surface area contributed by atoms with E-state index in [4.69, 9.17) is 22.1 Å². The van der Waals surface area contributed by atoms with Crippen LogP contribution in [0.5, 0.6) is 0 Å². The molecule has 3 N–H and O–H groups in total. The zero-order chi connectivity index (χ0) is 29.7. The number of nitrogens with one attached hydrogen (secondary N) is 1. The molecule has 3 aromatic rings. The summed E-state index contributed by atoms with van der Waals surface area (Å²) in [7, 11) is 0. The van der Waals surface area contributed by atoms with Crippen LogP contribution in [0.2, 0.25) is 5.02 Å². The molecule has 2 unspecified atom stereocenters. The number of amides is 2. The highest BCUT2D eigenvalue weighted by atomic mass is 35.5. The van der Waals surface area contributed by atoms with Crippen molar-refractivity contribution in [3.05, 3.63) is 99.2 Å². The zero-order valence-electron chi connectivity index (χ0n) is 21.3. The number of primary amides is 1. The van der Waals surface area contributed by atoms with Crippen molar-refractivity contribution in [3.63, 3.8) is 0 Å². The Hall–Kier alpha value is -4.39. The first-order valence-electron chi connectivity index (χ1n) is 12.3. The van der Waals surface area contributed by atoms with Gasteiger partial charge in [0.2, 0.25) is 5.91 Å². The second kappa shape index (κ2) is 12.4. The highest BCUT2D eigenvalue weighted by Gasteiger charge is 2.42. The number of benzene rings is 2. The maximum atomic E-state index is 14.4. The highest BCUT2D eigenvalue weighted by Crippen LogP contribution is 2.37. The predicted octanol–water partition coefficient (Wildman–Crippen LogP) is 4.20. The molecule has 2 aromatic carbocycles. The molecule has 14 heteroatoms. The van der Waals surface area contributed by atoms with Crippen LogP contribution in [0.4, 0.5) is 22.4 Å². The first-order valence-corrected chi connectivity index (χ1v) is 12.6. The summed E-state index contributed by atoms with van der Waals surface area (Å²) in [5.74, 6) is -2.61. The van der Waals surface area contributed by atoms with Crippen LogP contribution in [0, 0.1) is 11.7 Å². The third-order valence-electron chi connectivity index (χ3n) is 6.37. The zero-order valence-corrected chi connectivity index (χ0v) is 22.0. The number of alkyl halides is 3. The number of halogens is 5. The van der Waals surface area contributed by atoms with Crippen LogP contribution >= 0.6 is 11.6 Å². The first-order chi connectivity index (χ1) is 19.4. The van der Waals surface area contributed by atoms with E-state index in [9.17, 15) is 31.9 Å². The second-order valence-electron chi connectivity index (χ2n) is 9.14. The van der Waals surface area contributed by atoms with E-state index in [2.05, 4.69) is 10.4 Å². The van der Waals surface area contributed by atoms with Gasteiger partial charge in [-0.1, -0.05) is 48.0 Å². The molecule has 9 nitrogen and oxygen atoms in total. The van der Waals surface area contributed by atoms with Gasteiger partial charge >= 0.3 is 18.0 Å². The van der Waals surface area contributed by atoms with Gasteiger partial charge in [-0.3, -0.25) is 9.36 Å². The molecule has 1 heterocycles. The molecule has 2 atom stereocenters. The quantitative estimate of drug-likeness (QED) is 0.360. The lowest BCUT2D eigenvalue weighted by molar-refractivity contribution is -0.124. The number of hydrogen-bond acceptors (Lipinski definition) is 5. The average molecular weight is 594 g/mol. The SMILES string of the molecule is NC(=O)OCC(NC(=O)Cn1nc(-c2ccc(Cl)cc2)n(Cc2ccccc2F)c1=O)C1CC=CC=C1C(F)(F)F. The fraction of sp³-hybridized carbons (Fsp3) is 0.259. The number of aromatic nitrogens is 3. The Balaban J connectivity index is 1.64. The van der Waals surface area contributed by atoms with Crippen molar-refractivity contribution in [2.45, 2.75) is 31.7 Å². The van der Waals surface area contributed by atoms with Gasteiger partial charge < -0.3 is 15.8 Å². The Morgan fingerprint density at radius 2 is 1.88 bits per heavy atom. The van der Waals surface area contributed by atoms with Gasteiger partial charge in [0.05, 0.1) is 12.6 Å². The lowest BCUT2D eigenvalue weighted by Gasteiger charge is -2.31. The van der Waals surface area contributed by atoms with Crippen molar-refractivity contribution in [1.29, 1.82) is 0 Å². The van der Waals surface area contributed by atoms with E-state index < -0.39 is 60.4 Å². The van der Waals surface area contributed by atoms with E-state index in [0.717, 1.165) is 10.8 Å². The Morgan fingerprint density at radius 3 is 2.54 bits per heavy atom. The van der Waals surface area contributed by atoms with Gasteiger partial charge in [0, 0.05) is 27.6 Å². The van der Waals surface area contributed by atoms with Crippen molar-refractivity contribution < 1.29 is 31.9 Å². The van der Waals surface area contributed by atoms with Gasteiger partial charge in [0.15, 0.2) is 5.82 Å². The summed E-state index contributed by atoms with van der Waals surface area (Å²) in [4.78, 5) is 37.6. The van der Waals surface area contributed by atoms with Gasteiger partial charge in [0.1, 0.15) is 19.0 Å². The summed E-state index contributed by atoms with van der Waals surface area (Å²) >= 11 is 5.98. The molecule has 216 valence electrons. The van der Waals surface area contributed by atoms with E-state index in [1.807, 2.05) is 0 Å². The van der Waals surface area contributed by atoms with Gasteiger partial charge in [0.25, 0.3) is 0 Å². The Labute approximate surface area is 235 Å². The summed E-state index contributed by atoms with van der Waals surface area (Å²) in [5.41, 5.74) is 3.95. The van der Waals surface area contributed by atoms with E-state index in [0.29, 0.717) is 10.6 Å². The highest BCUT2D eigenvalue weighted by molar-refractivity contribution is 6.30. The number of allylic oxidation sites excluding steroid dienone is 3. The lowest BCUT2D eigenvalue weighted by atomic mass is 9.85. The molecule has 0 saturated heterocycles. The Morgan fingerprint density at radius 1 is 1.17 bits per heavy atom. The lowest BCUT2D eigenvalue weighted by Crippen LogP contribution is -2.48. The molecule has 41 heavy (non-hydrogen) atoms. The minimum absolute atomic E-state index is 0.101. The molecule has 0 saturated carbocycles. The minimum atomic E-state index is -4.71. The first kappa shape index (κ1) is 29.6. The van der Waals surface area contributed by atoms with Crippen molar-refractivity contribution >= 4 is 23.6 Å². The van der Waals surface area contributed by atoms with Crippen molar-refractivity contribution in [2.75, 3.05) is 6.61 Å². The van der Waals surface area contributed by atoms with Gasteiger partial charge in [-0.2, -0.15) is 13.2 Å². The molecule has 0 aliphatic heterocycles. The van der Waals surface area contributed by atoms with E-state index in [1.54, 1.807) is 30.3 Å². The molecule has 2 amide bonds. The van der Waals surface area contributed by atoms with E-state index >= 15 is 0 Å². The molecule has 0 fully saturated rings. The molecule has 1 aromatic heterocycles. The van der Waals surface area contributed by atoms with E-state index in [-0.39, 0.29) is 24.4 Å². The second-order valence-corrected chi connectivity index (χ2v) is 9.58. The number of ether oxygens (including phenoxy) is 1. The number of hydrogen-bond donors (Lipinski definition) is 2. The molecule has 1 aliphatic rings. The number of nitrogens with zero attached hydrogens (tertiary/aromatic N) is 3. The van der Waals surface area contributed by atoms with Crippen LogP contribution in [-0.4, -0.2) is 45.2 Å². The molecule has 1 aliphatic carbocycles. The smallest absolute Gasteiger partial charge is 0.413 e. The van der Waals surface area contributed by atoms with Crippen LogP contribution < -0.4 is 16.7 Å². The van der Waals surface area contributed by atoms with Crippen LogP contribution in [0.25, 0.3) is 11.4 Å². The van der Waals surface area contributed by atoms with Crippen LogP contribution in [0.1, 0.15) is 12.0 Å². The van der Waals surface area contributed by atoms with Crippen molar-refractivity contribution in [2.24, 2.45) is 11.7 Å². The molecule has 0 radical (unpaired) electrons. The fourth-order valence-electron chi connectivity index (χ4n) is 4.45. The van der Waals surface area contributed by atoms with Gasteiger partial charge in [-0.05, 0) is 36.8 Å². The third-order valence-corrected chi connectivity index (χ3v) is 6.62. The van der Waals surface area contributed by atoms with Crippen LogP contribution in [0.15, 0.2) is 77.1 Å². The molecule has 0 spiro atoms. The summed E-state index contributed by atoms with van der Waals surface area (Å²) < 4.78 is 62.2. The van der Waals surface area contributed by atoms with Crippen molar-refractivity contribution in [1.82, 2.24) is 19.7 Å². The maximum Gasteiger partial charge on any atom is 0.413 e. The molecular formula is C27H24ClF4N5O4. The summed E-state index contributed by atoms with van der Waals surface area (Å²) in [6.45, 7) is -1.54. The molecule has 4 rings (SSSR count). The van der Waals surface area contributed by atoms with Crippen LogP contribution in [-0.2, 0) is 22.6 Å². The number of rotatable bonds is 9. The topological polar surface area (TPSA) is 121 Å². The standard InChI is InChI=1S/C27H24ClF4N5O4/c28-18-11-9-16(10-12-18)24-35-37(26(40)36(24)13-17-5-1-4-8-21(17)29)14-23(38)34-22(15-41-25(33)39)19-6-2-3-7-20(19)27(30,31)32/h1-5,7-12,19,22H,6,13-15H2,(H2,33,39)(H,34,38). The van der Waals surface area contributed by atoms with Crippen LogP contribution in [0.3, 0.4) is 0 Å². The van der Waals surface area contributed by atoms with E-state index in [1.165, 1.54) is 34.9 Å². The fourth-order valence-corrected chi connectivity index (χ4v) is 4.57. The Kier molecular flexibility index (Phi) is 8.96. The number of carbonyl (C=O) groups excluding carboxylic acids is 2. The minimum Gasteiger partial charge on any atom is -0.448 e. The normalized spacial score (nSPS) is 15.7. The Bertz CT molecular complexity index is 1550.